The molecule has 17 heavy (non-hydrogen) atoms. The van der Waals surface area contributed by atoms with Crippen molar-refractivity contribution >= 4 is 8.11 Å². The van der Waals surface area contributed by atoms with Crippen LogP contribution in [0.15, 0.2) is 0 Å². The number of hydrogen-bond donors (Lipinski definition) is 0. The van der Waals surface area contributed by atoms with E-state index in [1.165, 1.54) is 21.1 Å². The first-order chi connectivity index (χ1) is 6.96. The van der Waals surface area contributed by atoms with Gasteiger partial charge in [0, 0.05) is 0 Å². The number of quaternary nitrogens is 3. The van der Waals surface area contributed by atoms with E-state index in [0.717, 1.165) is 0 Å². The zero-order valence-corrected chi connectivity index (χ0v) is 12.4. The van der Waals surface area contributed by atoms with E-state index in [-0.39, 0.29) is 51.7 Å². The maximum atomic E-state index is 15.6. The van der Waals surface area contributed by atoms with E-state index in [2.05, 4.69) is 0 Å². The molecule has 0 bridgehead atoms. The Morgan fingerprint density at radius 3 is 1.00 bits per heavy atom. The van der Waals surface area contributed by atoms with Crippen molar-refractivity contribution in [1.82, 2.24) is 0 Å². The summed E-state index contributed by atoms with van der Waals surface area (Å²) < 4.78 is 45.1. The molecule has 0 unspecified atom stereocenters. The van der Waals surface area contributed by atoms with E-state index in [9.17, 15) is 0 Å². The second-order valence-corrected chi connectivity index (χ2v) is 12.6. The van der Waals surface area contributed by atoms with Crippen LogP contribution in [0, 0.1) is 0 Å². The van der Waals surface area contributed by atoms with E-state index < -0.39 is 20.6 Å². The molecule has 0 saturated carbocycles. The quantitative estimate of drug-likeness (QED) is 0.345. The number of hydrogen-bond acceptors (Lipinski definition) is 0. The Morgan fingerprint density at radius 1 is 0.647 bits per heavy atom. The largest absolute Gasteiger partial charge is 1.00 e. The topological polar surface area (TPSA) is 0 Å². The van der Waals surface area contributed by atoms with E-state index in [1.54, 1.807) is 0 Å². The van der Waals surface area contributed by atoms with Gasteiger partial charge in [-0.3, -0.25) is 0 Å². The Bertz CT molecular complexity index is 350. The van der Waals surface area contributed by atoms with Gasteiger partial charge in [0.25, 0.3) is 0 Å². The zero-order chi connectivity index (χ0) is 12.2. The van der Waals surface area contributed by atoms with Crippen LogP contribution in [0.5, 0.6) is 0 Å². The molecule has 0 N–H and O–H groups in total. The molecule has 0 atom stereocenters. The summed E-state index contributed by atoms with van der Waals surface area (Å²) in [5.74, 6) is 0. The second-order valence-electron chi connectivity index (χ2n) is 6.80. The molecule has 0 aromatic heterocycles. The molecular weight excluding hydrogens is 271 g/mol. The van der Waals surface area contributed by atoms with Crippen molar-refractivity contribution in [2.24, 2.45) is 0 Å². The Kier molecular flexibility index (Phi) is 1.94. The molecule has 0 amide bonds. The molecule has 0 radical (unpaired) electrons. The predicted molar refractivity (Wildman–Crippen MR) is 56.8 cm³/mol. The minimum Gasteiger partial charge on any atom is -1.00 e. The van der Waals surface area contributed by atoms with Crippen LogP contribution in [-0.4, -0.2) is 81.0 Å². The van der Waals surface area contributed by atoms with E-state index in [1.807, 2.05) is 0 Å². The van der Waals surface area contributed by atoms with E-state index in [0.29, 0.717) is 0 Å². The van der Waals surface area contributed by atoms with Crippen LogP contribution >= 0.6 is 0 Å². The van der Waals surface area contributed by atoms with Crippen LogP contribution in [0.3, 0.4) is 0 Å². The normalized spacial score (nSPS) is 60.4. The van der Waals surface area contributed by atoms with Crippen molar-refractivity contribution < 1.29 is 37.2 Å². The summed E-state index contributed by atoms with van der Waals surface area (Å²) in [6, 6.07) is 0. The summed E-state index contributed by atoms with van der Waals surface area (Å²) >= 11 is 0. The summed E-state index contributed by atoms with van der Waals surface area (Å²) in [7, 11) is -2.83. The van der Waals surface area contributed by atoms with Gasteiger partial charge in [0.1, 0.15) is 0 Å². The molecule has 3 nitrogen and oxygen atoms in total. The third-order valence-corrected chi connectivity index (χ3v) is 14.5. The molecule has 3 rings (SSSR count). The van der Waals surface area contributed by atoms with Crippen molar-refractivity contribution in [3.8, 4) is 0 Å². The van der Waals surface area contributed by atoms with Crippen LogP contribution in [0.2, 0.25) is 0 Å². The van der Waals surface area contributed by atoms with Crippen molar-refractivity contribution in [2.75, 3.05) is 60.4 Å². The van der Waals surface area contributed by atoms with Gasteiger partial charge in [-0.15, -0.1) is 0 Å². The van der Waals surface area contributed by atoms with Gasteiger partial charge in [-0.2, -0.15) is 0 Å². The van der Waals surface area contributed by atoms with Gasteiger partial charge in [0.05, 0.1) is 0 Å². The average Bonchev–Trinajstić information content (AvgIpc) is 2.48. The Labute approximate surface area is 106 Å². The number of rotatable bonds is 0. The smallest absolute Gasteiger partial charge is 1.00 e. The third-order valence-electron chi connectivity index (χ3n) is 6.55. The third kappa shape index (κ3) is 0.742. The fourth-order valence-electron chi connectivity index (χ4n) is 4.77. The minimum absolute atomic E-state index is 0. The first-order valence-corrected chi connectivity index (χ1v) is 8.45. The first-order valence-electron chi connectivity index (χ1n) is 5.98. The van der Waals surface area contributed by atoms with Crippen LogP contribution < -0.4 is 12.4 Å². The number of nitrogens with zero attached hydrogens (tertiary/aromatic N) is 3. The van der Waals surface area contributed by atoms with Crippen molar-refractivity contribution in [3.63, 3.8) is 0 Å². The first kappa shape index (κ1) is 13.6. The predicted octanol–water partition coefficient (Wildman–Crippen LogP) is -2.38. The van der Waals surface area contributed by atoms with Gasteiger partial charge >= 0.3 is 93.3 Å². The SMILES string of the molecule is C[N+]12CC[N+]3(C)CC[N+](C)(CC1)[Si-2]23(F)(F)F.[Cl-]. The van der Waals surface area contributed by atoms with Crippen LogP contribution in [0.25, 0.3) is 0 Å². The molecule has 3 fully saturated rings. The average molecular weight is 292 g/mol. The number of likely N-dealkylation sites (N-methyl/N-ethyl adjacent to an activating group) is 3. The maximum absolute atomic E-state index is 15.6. The van der Waals surface area contributed by atoms with Gasteiger partial charge < -0.3 is 12.4 Å². The molecule has 0 spiro atoms. The maximum Gasteiger partial charge on any atom is -1.00 e. The molecule has 0 aromatic carbocycles. The molecule has 3 aliphatic heterocycles. The summed E-state index contributed by atoms with van der Waals surface area (Å²) in [5.41, 5.74) is 0. The standard InChI is InChI=1S/C9H21F3N3Si.ClH/c1-13-4-6-14(2)8-9-15(3,7-5-13)16(13,14,10,11)12;/h4-9H2,1-3H3;1H/q+1;/p-1. The summed E-state index contributed by atoms with van der Waals surface area (Å²) in [6.45, 7) is 1.74. The van der Waals surface area contributed by atoms with Gasteiger partial charge in [-0.05, 0) is 0 Å². The van der Waals surface area contributed by atoms with E-state index >= 15 is 12.3 Å². The summed E-state index contributed by atoms with van der Waals surface area (Å²) in [4.78, 5) is 0. The van der Waals surface area contributed by atoms with Gasteiger partial charge in [-0.1, -0.05) is 0 Å². The second kappa shape index (κ2) is 2.43. The molecule has 0 aliphatic carbocycles. The Morgan fingerprint density at radius 2 is 0.824 bits per heavy atom. The van der Waals surface area contributed by atoms with Crippen molar-refractivity contribution in [2.45, 2.75) is 0 Å². The Hall–Kier alpha value is 0.177. The van der Waals surface area contributed by atoms with Gasteiger partial charge in [0.2, 0.25) is 0 Å². The van der Waals surface area contributed by atoms with Crippen LogP contribution in [0.4, 0.5) is 12.3 Å². The molecule has 0 aromatic rings. The van der Waals surface area contributed by atoms with Crippen molar-refractivity contribution in [3.05, 3.63) is 0 Å². The fourth-order valence-corrected chi connectivity index (χ4v) is 11.6. The van der Waals surface area contributed by atoms with Gasteiger partial charge in [-0.25, -0.2) is 0 Å². The molecule has 104 valence electrons. The van der Waals surface area contributed by atoms with Crippen molar-refractivity contribution in [1.29, 1.82) is 0 Å². The monoisotopic (exact) mass is 291 g/mol. The van der Waals surface area contributed by atoms with Crippen LogP contribution in [0.1, 0.15) is 0 Å². The summed E-state index contributed by atoms with van der Waals surface area (Å²) in [5, 5.41) is 0. The molecular formula is C9H21ClF3N3Si. The Balaban J connectivity index is 0.00000108. The fraction of sp³-hybridized carbons (Fsp3) is 1.00. The minimum atomic E-state index is -7.17. The zero-order valence-electron chi connectivity index (χ0n) is 10.6. The molecule has 3 aliphatic rings. The van der Waals surface area contributed by atoms with Crippen LogP contribution in [-0.2, 0) is 0 Å². The van der Waals surface area contributed by atoms with Gasteiger partial charge in [0.15, 0.2) is 0 Å². The molecule has 8 heteroatoms. The number of halogens is 4. The summed E-state index contributed by atoms with van der Waals surface area (Å²) in [6.07, 6.45) is 0. The molecule has 3 saturated heterocycles. The molecule has 3 heterocycles. The van der Waals surface area contributed by atoms with E-state index in [4.69, 9.17) is 0 Å².